The van der Waals surface area contributed by atoms with Gasteiger partial charge in [-0.2, -0.15) is 0 Å². The van der Waals surface area contributed by atoms with Crippen LogP contribution in [0.4, 0.5) is 0 Å². The summed E-state index contributed by atoms with van der Waals surface area (Å²) in [5, 5.41) is 2.90. The summed E-state index contributed by atoms with van der Waals surface area (Å²) in [7, 11) is -2.63. The molecule has 132 valence electrons. The first-order valence-corrected chi connectivity index (χ1v) is 10.3. The Labute approximate surface area is 146 Å². The van der Waals surface area contributed by atoms with Crippen molar-refractivity contribution in [2.24, 2.45) is 0 Å². The second-order valence-electron chi connectivity index (χ2n) is 5.06. The molecule has 0 heterocycles. The summed E-state index contributed by atoms with van der Waals surface area (Å²) in [6.45, 7) is 8.00. The normalized spacial score (nSPS) is 11.1. The van der Waals surface area contributed by atoms with E-state index >= 15 is 0 Å². The van der Waals surface area contributed by atoms with E-state index in [1.165, 1.54) is 0 Å². The number of hydrogen-bond donors (Lipinski definition) is 1. The molecule has 0 radical (unpaired) electrons. The van der Waals surface area contributed by atoms with E-state index in [0.29, 0.717) is 38.0 Å². The van der Waals surface area contributed by atoms with E-state index in [2.05, 4.69) is 11.2 Å². The Morgan fingerprint density at radius 1 is 1.08 bits per heavy atom. The SMILES string of the molecule is C#Cc1ccc(C(=O)NCCC[Si](OCC)(OCC)OCC)cc1. The van der Waals surface area contributed by atoms with Crippen LogP contribution < -0.4 is 5.32 Å². The van der Waals surface area contributed by atoms with E-state index in [1.807, 2.05) is 20.8 Å². The maximum absolute atomic E-state index is 12.1. The van der Waals surface area contributed by atoms with Crippen molar-refractivity contribution in [3.63, 3.8) is 0 Å². The van der Waals surface area contributed by atoms with E-state index in [4.69, 9.17) is 19.7 Å². The fourth-order valence-electron chi connectivity index (χ4n) is 2.33. The van der Waals surface area contributed by atoms with Gasteiger partial charge in [-0.05, 0) is 51.5 Å². The zero-order chi connectivity index (χ0) is 17.8. The van der Waals surface area contributed by atoms with Crippen LogP contribution in [0.15, 0.2) is 24.3 Å². The summed E-state index contributed by atoms with van der Waals surface area (Å²) in [5.74, 6) is 2.41. The molecule has 0 fully saturated rings. The maximum Gasteiger partial charge on any atom is 0.500 e. The third-order valence-electron chi connectivity index (χ3n) is 3.35. The van der Waals surface area contributed by atoms with E-state index in [9.17, 15) is 4.79 Å². The van der Waals surface area contributed by atoms with Crippen LogP contribution >= 0.6 is 0 Å². The fraction of sp³-hybridized carbons (Fsp3) is 0.500. The molecule has 0 aliphatic heterocycles. The van der Waals surface area contributed by atoms with E-state index in [0.717, 1.165) is 12.0 Å². The number of carbonyl (C=O) groups is 1. The third kappa shape index (κ3) is 6.46. The van der Waals surface area contributed by atoms with Crippen molar-refractivity contribution < 1.29 is 18.1 Å². The molecule has 1 rings (SSSR count). The predicted octanol–water partition coefficient (Wildman–Crippen LogP) is 2.84. The van der Waals surface area contributed by atoms with E-state index in [-0.39, 0.29) is 5.91 Å². The molecule has 24 heavy (non-hydrogen) atoms. The largest absolute Gasteiger partial charge is 0.500 e. The highest BCUT2D eigenvalue weighted by atomic mass is 28.4. The Balaban J connectivity index is 2.49. The summed E-state index contributed by atoms with van der Waals surface area (Å²) < 4.78 is 17.4. The number of amides is 1. The van der Waals surface area contributed by atoms with Crippen molar-refractivity contribution in [1.82, 2.24) is 5.32 Å². The number of nitrogens with one attached hydrogen (secondary N) is 1. The van der Waals surface area contributed by atoms with Gasteiger partial charge >= 0.3 is 8.80 Å². The molecule has 1 aromatic rings. The summed E-state index contributed by atoms with van der Waals surface area (Å²) in [5.41, 5.74) is 1.35. The van der Waals surface area contributed by atoms with Gasteiger partial charge in [0.2, 0.25) is 0 Å². The van der Waals surface area contributed by atoms with Gasteiger partial charge in [-0.1, -0.05) is 5.92 Å². The molecule has 0 aliphatic carbocycles. The van der Waals surface area contributed by atoms with Crippen LogP contribution in [0, 0.1) is 12.3 Å². The zero-order valence-electron chi connectivity index (χ0n) is 14.8. The number of terminal acetylenes is 1. The van der Waals surface area contributed by atoms with E-state index in [1.54, 1.807) is 24.3 Å². The van der Waals surface area contributed by atoms with Crippen LogP contribution in [-0.2, 0) is 13.3 Å². The Morgan fingerprint density at radius 3 is 2.08 bits per heavy atom. The van der Waals surface area contributed by atoms with Crippen molar-refractivity contribution in [1.29, 1.82) is 0 Å². The average molecular weight is 350 g/mol. The Morgan fingerprint density at radius 2 is 1.62 bits per heavy atom. The molecule has 1 aromatic carbocycles. The smallest absolute Gasteiger partial charge is 0.374 e. The molecule has 6 heteroatoms. The zero-order valence-corrected chi connectivity index (χ0v) is 15.8. The lowest BCUT2D eigenvalue weighted by Crippen LogP contribution is -2.46. The second-order valence-corrected chi connectivity index (χ2v) is 7.80. The minimum atomic E-state index is -2.63. The Hall–Kier alpha value is -1.65. The van der Waals surface area contributed by atoms with Gasteiger partial charge in [0.05, 0.1) is 0 Å². The first-order valence-electron chi connectivity index (χ1n) is 8.37. The highest BCUT2D eigenvalue weighted by molar-refractivity contribution is 6.60. The molecule has 0 aromatic heterocycles. The van der Waals surface area contributed by atoms with Crippen molar-refractivity contribution in [3.05, 3.63) is 35.4 Å². The van der Waals surface area contributed by atoms with Gasteiger partial charge in [0.1, 0.15) is 0 Å². The molecule has 1 amide bonds. The van der Waals surface area contributed by atoms with Crippen LogP contribution in [0.5, 0.6) is 0 Å². The quantitative estimate of drug-likeness (QED) is 0.379. The monoisotopic (exact) mass is 349 g/mol. The molecule has 0 atom stereocenters. The molecule has 5 nitrogen and oxygen atoms in total. The van der Waals surface area contributed by atoms with Crippen LogP contribution in [0.25, 0.3) is 0 Å². The van der Waals surface area contributed by atoms with E-state index < -0.39 is 8.80 Å². The van der Waals surface area contributed by atoms with Crippen LogP contribution in [-0.4, -0.2) is 41.1 Å². The number of carbonyl (C=O) groups excluding carboxylic acids is 1. The van der Waals surface area contributed by atoms with Crippen LogP contribution in [0.1, 0.15) is 43.1 Å². The number of rotatable bonds is 11. The topological polar surface area (TPSA) is 56.8 Å². The minimum absolute atomic E-state index is 0.116. The van der Waals surface area contributed by atoms with Crippen molar-refractivity contribution in [2.75, 3.05) is 26.4 Å². The number of benzene rings is 1. The standard InChI is InChI=1S/C18H27NO4Si/c1-5-16-10-12-17(13-11-16)18(20)19-14-9-15-24(21-6-2,22-7-3)23-8-4/h1,10-13H,6-9,14-15H2,2-4H3,(H,19,20). The predicted molar refractivity (Wildman–Crippen MR) is 96.8 cm³/mol. The lowest BCUT2D eigenvalue weighted by atomic mass is 10.1. The van der Waals surface area contributed by atoms with Crippen molar-refractivity contribution in [3.8, 4) is 12.3 Å². The summed E-state index contributed by atoms with van der Waals surface area (Å²) in [4.78, 5) is 12.1. The first kappa shape index (κ1) is 20.4. The van der Waals surface area contributed by atoms with Crippen molar-refractivity contribution in [2.45, 2.75) is 33.2 Å². The van der Waals surface area contributed by atoms with Gasteiger partial charge in [0, 0.05) is 43.5 Å². The Kier molecular flexibility index (Phi) is 9.34. The lowest BCUT2D eigenvalue weighted by molar-refractivity contribution is 0.0705. The number of hydrogen-bond acceptors (Lipinski definition) is 4. The molecule has 0 bridgehead atoms. The first-order chi connectivity index (χ1) is 11.6. The molecule has 0 spiro atoms. The van der Waals surface area contributed by atoms with Crippen LogP contribution in [0.2, 0.25) is 6.04 Å². The molecule has 0 aliphatic rings. The highest BCUT2D eigenvalue weighted by Gasteiger charge is 2.39. The summed E-state index contributed by atoms with van der Waals surface area (Å²) in [6.07, 6.45) is 6.04. The minimum Gasteiger partial charge on any atom is -0.374 e. The van der Waals surface area contributed by atoms with Crippen LogP contribution in [0.3, 0.4) is 0 Å². The molecular formula is C18H27NO4Si. The molecule has 0 unspecified atom stereocenters. The fourth-order valence-corrected chi connectivity index (χ4v) is 4.94. The van der Waals surface area contributed by atoms with Gasteiger partial charge in [0.15, 0.2) is 0 Å². The summed E-state index contributed by atoms with van der Waals surface area (Å²) in [6, 6.07) is 7.64. The molecule has 0 saturated carbocycles. The molecular weight excluding hydrogens is 322 g/mol. The third-order valence-corrected chi connectivity index (χ3v) is 6.50. The second kappa shape index (κ2) is 11.0. The van der Waals surface area contributed by atoms with Gasteiger partial charge in [0.25, 0.3) is 5.91 Å². The molecule has 0 saturated heterocycles. The van der Waals surface area contributed by atoms with Gasteiger partial charge in [-0.25, -0.2) is 0 Å². The average Bonchev–Trinajstić information content (AvgIpc) is 2.59. The highest BCUT2D eigenvalue weighted by Crippen LogP contribution is 2.17. The lowest BCUT2D eigenvalue weighted by Gasteiger charge is -2.28. The maximum atomic E-state index is 12.1. The van der Waals surface area contributed by atoms with Gasteiger partial charge in [-0.3, -0.25) is 4.79 Å². The Bertz CT molecular complexity index is 522. The summed E-state index contributed by atoms with van der Waals surface area (Å²) >= 11 is 0. The van der Waals surface area contributed by atoms with Crippen molar-refractivity contribution >= 4 is 14.7 Å². The van der Waals surface area contributed by atoms with Gasteiger partial charge < -0.3 is 18.6 Å². The molecule has 1 N–H and O–H groups in total. The van der Waals surface area contributed by atoms with Gasteiger partial charge in [-0.15, -0.1) is 6.42 Å².